The van der Waals surface area contributed by atoms with Crippen LogP contribution < -0.4 is 15.8 Å². The Morgan fingerprint density at radius 3 is 3.00 bits per heavy atom. The number of aromatic nitrogens is 1. The van der Waals surface area contributed by atoms with Crippen LogP contribution in [-0.4, -0.2) is 37.8 Å². The van der Waals surface area contributed by atoms with Crippen LogP contribution >= 0.6 is 11.3 Å². The van der Waals surface area contributed by atoms with Gasteiger partial charge >= 0.3 is 0 Å². The highest BCUT2D eigenvalue weighted by molar-refractivity contribution is 7.22. The van der Waals surface area contributed by atoms with Gasteiger partial charge in [0.25, 0.3) is 0 Å². The Hall–Kier alpha value is -1.70. The molecule has 1 amide bonds. The first kappa shape index (κ1) is 13.7. The van der Waals surface area contributed by atoms with Gasteiger partial charge < -0.3 is 20.5 Å². The number of nitrogens with two attached hydrogens (primary N) is 1. The number of ether oxygens (including phenoxy) is 2. The summed E-state index contributed by atoms with van der Waals surface area (Å²) < 4.78 is 11.0. The maximum Gasteiger partial charge on any atom is 0.245 e. The van der Waals surface area contributed by atoms with E-state index in [0.717, 1.165) is 10.2 Å². The zero-order valence-corrected chi connectivity index (χ0v) is 11.5. The van der Waals surface area contributed by atoms with E-state index in [1.54, 1.807) is 7.11 Å². The third kappa shape index (κ3) is 3.01. The van der Waals surface area contributed by atoms with Crippen molar-refractivity contribution in [2.24, 2.45) is 5.73 Å². The number of para-hydroxylation sites is 1. The smallest absolute Gasteiger partial charge is 0.245 e. The Balaban J connectivity index is 2.20. The van der Waals surface area contributed by atoms with Crippen LogP contribution in [0.1, 0.15) is 0 Å². The number of fused-ring (bicyclic) bond motifs is 1. The van der Waals surface area contributed by atoms with Crippen molar-refractivity contribution in [2.45, 2.75) is 6.04 Å². The summed E-state index contributed by atoms with van der Waals surface area (Å²) in [5.74, 6) is 0.357. The second-order valence-electron chi connectivity index (χ2n) is 3.88. The molecule has 6 nitrogen and oxygen atoms in total. The lowest BCUT2D eigenvalue weighted by atomic mass is 10.3. The molecule has 1 heterocycles. The second-order valence-corrected chi connectivity index (χ2v) is 4.91. The SMILES string of the molecule is COCC(N)C(=O)Nc1nc2c(OC)cccc2s1. The van der Waals surface area contributed by atoms with Crippen molar-refractivity contribution < 1.29 is 14.3 Å². The number of anilines is 1. The molecule has 7 heteroatoms. The molecule has 1 aromatic heterocycles. The molecule has 0 aliphatic heterocycles. The summed E-state index contributed by atoms with van der Waals surface area (Å²) in [4.78, 5) is 16.1. The summed E-state index contributed by atoms with van der Waals surface area (Å²) in [5.41, 5.74) is 6.37. The van der Waals surface area contributed by atoms with Crippen LogP contribution in [0.15, 0.2) is 18.2 Å². The van der Waals surface area contributed by atoms with Gasteiger partial charge in [0.05, 0.1) is 18.4 Å². The van der Waals surface area contributed by atoms with Crippen molar-refractivity contribution in [3.8, 4) is 5.75 Å². The molecule has 1 aromatic carbocycles. The summed E-state index contributed by atoms with van der Waals surface area (Å²) in [6, 6.07) is 4.91. The lowest BCUT2D eigenvalue weighted by Crippen LogP contribution is -2.39. The normalized spacial score (nSPS) is 12.4. The van der Waals surface area contributed by atoms with Crippen molar-refractivity contribution in [3.63, 3.8) is 0 Å². The molecule has 1 unspecified atom stereocenters. The van der Waals surface area contributed by atoms with E-state index in [4.69, 9.17) is 15.2 Å². The molecule has 0 saturated heterocycles. The van der Waals surface area contributed by atoms with Gasteiger partial charge in [0.2, 0.25) is 5.91 Å². The second kappa shape index (κ2) is 5.96. The van der Waals surface area contributed by atoms with Crippen molar-refractivity contribution in [3.05, 3.63) is 18.2 Å². The molecule has 2 rings (SSSR count). The number of hydrogen-bond donors (Lipinski definition) is 2. The number of rotatable bonds is 5. The number of methoxy groups -OCH3 is 2. The van der Waals surface area contributed by atoms with Crippen molar-refractivity contribution >= 4 is 32.6 Å². The Morgan fingerprint density at radius 2 is 2.32 bits per heavy atom. The third-order valence-corrected chi connectivity index (χ3v) is 3.45. The number of nitrogens with one attached hydrogen (secondary N) is 1. The van der Waals surface area contributed by atoms with Gasteiger partial charge in [-0.1, -0.05) is 17.4 Å². The van der Waals surface area contributed by atoms with E-state index in [-0.39, 0.29) is 12.5 Å². The maximum atomic E-state index is 11.8. The fraction of sp³-hybridized carbons (Fsp3) is 0.333. The van der Waals surface area contributed by atoms with E-state index in [1.165, 1.54) is 18.4 Å². The van der Waals surface area contributed by atoms with Crippen LogP contribution in [-0.2, 0) is 9.53 Å². The maximum absolute atomic E-state index is 11.8. The van der Waals surface area contributed by atoms with E-state index in [0.29, 0.717) is 10.9 Å². The van der Waals surface area contributed by atoms with Crippen LogP contribution in [0.5, 0.6) is 5.75 Å². The van der Waals surface area contributed by atoms with Gasteiger partial charge in [-0.2, -0.15) is 0 Å². The standard InChI is InChI=1S/C12H15N3O3S/c1-17-6-7(13)11(16)15-12-14-10-8(18-2)4-3-5-9(10)19-12/h3-5,7H,6,13H2,1-2H3,(H,14,15,16). The van der Waals surface area contributed by atoms with E-state index >= 15 is 0 Å². The van der Waals surface area contributed by atoms with Crippen LogP contribution in [0.3, 0.4) is 0 Å². The summed E-state index contributed by atoms with van der Waals surface area (Å²) in [7, 11) is 3.08. The van der Waals surface area contributed by atoms with Crippen molar-refractivity contribution in [2.75, 3.05) is 26.1 Å². The minimum atomic E-state index is -0.709. The Bertz CT molecular complexity index is 585. The average molecular weight is 281 g/mol. The molecule has 0 saturated carbocycles. The Kier molecular flexibility index (Phi) is 4.31. The topological polar surface area (TPSA) is 86.5 Å². The highest BCUT2D eigenvalue weighted by Gasteiger charge is 2.16. The monoisotopic (exact) mass is 281 g/mol. The lowest BCUT2D eigenvalue weighted by molar-refractivity contribution is -0.118. The minimum absolute atomic E-state index is 0.167. The fourth-order valence-corrected chi connectivity index (χ4v) is 2.48. The van der Waals surface area contributed by atoms with Crippen LogP contribution in [0, 0.1) is 0 Å². The number of benzene rings is 1. The van der Waals surface area contributed by atoms with E-state index in [2.05, 4.69) is 10.3 Å². The summed E-state index contributed by atoms with van der Waals surface area (Å²) in [6.07, 6.45) is 0. The van der Waals surface area contributed by atoms with Gasteiger partial charge in [-0.05, 0) is 12.1 Å². The van der Waals surface area contributed by atoms with E-state index in [9.17, 15) is 4.79 Å². The molecule has 102 valence electrons. The average Bonchev–Trinajstić information content (AvgIpc) is 2.80. The number of nitrogens with zero attached hydrogens (tertiary/aromatic N) is 1. The van der Waals surface area contributed by atoms with Crippen LogP contribution in [0.2, 0.25) is 0 Å². The van der Waals surface area contributed by atoms with Crippen LogP contribution in [0.25, 0.3) is 10.2 Å². The largest absolute Gasteiger partial charge is 0.494 e. The van der Waals surface area contributed by atoms with Crippen LogP contribution in [0.4, 0.5) is 5.13 Å². The first-order valence-corrected chi connectivity index (χ1v) is 6.46. The van der Waals surface area contributed by atoms with Crippen molar-refractivity contribution in [1.29, 1.82) is 0 Å². The highest BCUT2D eigenvalue weighted by atomic mass is 32.1. The van der Waals surface area contributed by atoms with Gasteiger partial charge in [-0.3, -0.25) is 4.79 Å². The predicted octanol–water partition coefficient (Wildman–Crippen LogP) is 1.22. The zero-order valence-electron chi connectivity index (χ0n) is 10.7. The predicted molar refractivity (Wildman–Crippen MR) is 74.7 cm³/mol. The number of thiazole rings is 1. The molecule has 2 aromatic rings. The zero-order chi connectivity index (χ0) is 13.8. The number of carbonyl (C=O) groups excluding carboxylic acids is 1. The summed E-state index contributed by atoms with van der Waals surface area (Å²) in [5, 5.41) is 3.17. The third-order valence-electron chi connectivity index (χ3n) is 2.52. The van der Waals surface area contributed by atoms with E-state index in [1.807, 2.05) is 18.2 Å². The highest BCUT2D eigenvalue weighted by Crippen LogP contribution is 2.31. The molecule has 0 bridgehead atoms. The molecule has 0 aliphatic carbocycles. The molecule has 0 spiro atoms. The molecule has 1 atom stereocenters. The Morgan fingerprint density at radius 1 is 1.53 bits per heavy atom. The summed E-state index contributed by atoms with van der Waals surface area (Å²) in [6.45, 7) is 0.167. The minimum Gasteiger partial charge on any atom is -0.494 e. The summed E-state index contributed by atoms with van der Waals surface area (Å²) >= 11 is 1.37. The molecule has 0 radical (unpaired) electrons. The van der Waals surface area contributed by atoms with Gasteiger partial charge in [0, 0.05) is 7.11 Å². The number of hydrogen-bond acceptors (Lipinski definition) is 6. The molecule has 19 heavy (non-hydrogen) atoms. The fourth-order valence-electron chi connectivity index (χ4n) is 1.59. The first-order valence-electron chi connectivity index (χ1n) is 5.64. The number of carbonyl (C=O) groups is 1. The van der Waals surface area contributed by atoms with Gasteiger partial charge in [-0.15, -0.1) is 0 Å². The van der Waals surface area contributed by atoms with Gasteiger partial charge in [0.15, 0.2) is 5.13 Å². The van der Waals surface area contributed by atoms with Crippen molar-refractivity contribution in [1.82, 2.24) is 4.98 Å². The van der Waals surface area contributed by atoms with Gasteiger partial charge in [-0.25, -0.2) is 4.98 Å². The molecular formula is C12H15N3O3S. The molecular weight excluding hydrogens is 266 g/mol. The van der Waals surface area contributed by atoms with E-state index < -0.39 is 6.04 Å². The molecule has 3 N–H and O–H groups in total. The quantitative estimate of drug-likeness (QED) is 0.860. The molecule has 0 fully saturated rings. The first-order chi connectivity index (χ1) is 9.15. The lowest BCUT2D eigenvalue weighted by Gasteiger charge is -2.08. The Labute approximate surface area is 114 Å². The van der Waals surface area contributed by atoms with Gasteiger partial charge in [0.1, 0.15) is 17.3 Å². The molecule has 0 aliphatic rings. The number of amides is 1.